The van der Waals surface area contributed by atoms with E-state index in [4.69, 9.17) is 10.5 Å². The van der Waals surface area contributed by atoms with Gasteiger partial charge in [0.05, 0.1) is 24.4 Å². The van der Waals surface area contributed by atoms with Crippen molar-refractivity contribution in [3.05, 3.63) is 16.1 Å². The third kappa shape index (κ3) is 3.41. The Kier molecular flexibility index (Phi) is 4.33. The molecule has 1 saturated heterocycles. The summed E-state index contributed by atoms with van der Waals surface area (Å²) in [4.78, 5) is 12.0. The first-order valence-electron chi connectivity index (χ1n) is 5.79. The fraction of sp³-hybridized carbons (Fsp3) is 0.636. The van der Waals surface area contributed by atoms with Gasteiger partial charge in [-0.1, -0.05) is 0 Å². The molecular formula is C11H18N4OS. The third-order valence-electron chi connectivity index (χ3n) is 2.79. The highest BCUT2D eigenvalue weighted by atomic mass is 32.1. The minimum absolute atomic E-state index is 0.635. The summed E-state index contributed by atoms with van der Waals surface area (Å²) < 4.78 is 5.27. The molecule has 2 heterocycles. The molecule has 1 aromatic rings. The van der Waals surface area contributed by atoms with Crippen molar-refractivity contribution in [3.63, 3.8) is 0 Å². The SMILES string of the molecule is Cc1ncsc1CCN=C(N)N1CCOCC1. The standard InChI is InChI=1S/C11H18N4OS/c1-9-10(17-8-14-9)2-3-13-11(12)15-4-6-16-7-5-15/h8H,2-7H2,1H3,(H2,12,13). The molecule has 0 aliphatic carbocycles. The maximum atomic E-state index is 5.93. The van der Waals surface area contributed by atoms with Crippen molar-refractivity contribution in [3.8, 4) is 0 Å². The Morgan fingerprint density at radius 3 is 3.00 bits per heavy atom. The van der Waals surface area contributed by atoms with Crippen molar-refractivity contribution in [2.24, 2.45) is 10.7 Å². The number of morpholine rings is 1. The summed E-state index contributed by atoms with van der Waals surface area (Å²) in [6, 6.07) is 0. The first-order chi connectivity index (χ1) is 8.27. The number of thiazole rings is 1. The van der Waals surface area contributed by atoms with Crippen LogP contribution in [0, 0.1) is 6.92 Å². The van der Waals surface area contributed by atoms with Crippen LogP contribution in [0.2, 0.25) is 0 Å². The number of aromatic nitrogens is 1. The molecule has 6 heteroatoms. The molecule has 17 heavy (non-hydrogen) atoms. The van der Waals surface area contributed by atoms with Gasteiger partial charge in [-0.05, 0) is 6.92 Å². The highest BCUT2D eigenvalue weighted by molar-refractivity contribution is 7.09. The fourth-order valence-corrected chi connectivity index (χ4v) is 2.50. The van der Waals surface area contributed by atoms with Gasteiger partial charge < -0.3 is 15.4 Å². The van der Waals surface area contributed by atoms with Crippen LogP contribution in [0.4, 0.5) is 0 Å². The third-order valence-corrected chi connectivity index (χ3v) is 3.79. The zero-order valence-corrected chi connectivity index (χ0v) is 10.9. The van der Waals surface area contributed by atoms with Crippen molar-refractivity contribution in [2.45, 2.75) is 13.3 Å². The summed E-state index contributed by atoms with van der Waals surface area (Å²) >= 11 is 1.68. The van der Waals surface area contributed by atoms with E-state index < -0.39 is 0 Å². The van der Waals surface area contributed by atoms with Crippen molar-refractivity contribution in [1.29, 1.82) is 0 Å². The van der Waals surface area contributed by atoms with E-state index >= 15 is 0 Å². The number of aliphatic imine (C=N–C) groups is 1. The molecule has 0 spiro atoms. The molecule has 0 amide bonds. The summed E-state index contributed by atoms with van der Waals surface area (Å²) in [7, 11) is 0. The maximum Gasteiger partial charge on any atom is 0.191 e. The Bertz CT molecular complexity index is 385. The van der Waals surface area contributed by atoms with Crippen molar-refractivity contribution in [2.75, 3.05) is 32.8 Å². The lowest BCUT2D eigenvalue weighted by Crippen LogP contribution is -2.44. The summed E-state index contributed by atoms with van der Waals surface area (Å²) in [5.41, 5.74) is 8.92. The lowest BCUT2D eigenvalue weighted by molar-refractivity contribution is 0.0674. The second-order valence-electron chi connectivity index (χ2n) is 3.95. The van der Waals surface area contributed by atoms with Crippen LogP contribution in [0.15, 0.2) is 10.5 Å². The normalized spacial score (nSPS) is 17.5. The van der Waals surface area contributed by atoms with Crippen LogP contribution in [0.1, 0.15) is 10.6 Å². The molecule has 94 valence electrons. The van der Waals surface area contributed by atoms with Crippen molar-refractivity contribution in [1.82, 2.24) is 9.88 Å². The first-order valence-corrected chi connectivity index (χ1v) is 6.67. The highest BCUT2D eigenvalue weighted by Crippen LogP contribution is 2.12. The molecule has 1 aliphatic heterocycles. The molecular weight excluding hydrogens is 236 g/mol. The molecule has 0 bridgehead atoms. The Labute approximate surface area is 105 Å². The second-order valence-corrected chi connectivity index (χ2v) is 4.89. The van der Waals surface area contributed by atoms with Crippen molar-refractivity contribution >= 4 is 17.3 Å². The molecule has 0 aromatic carbocycles. The van der Waals surface area contributed by atoms with E-state index in [2.05, 4.69) is 14.9 Å². The predicted octanol–water partition coefficient (Wildman–Crippen LogP) is 0.641. The average molecular weight is 254 g/mol. The lowest BCUT2D eigenvalue weighted by atomic mass is 10.3. The zero-order valence-electron chi connectivity index (χ0n) is 10.1. The molecule has 0 saturated carbocycles. The van der Waals surface area contributed by atoms with E-state index in [0.29, 0.717) is 5.96 Å². The topological polar surface area (TPSA) is 63.7 Å². The van der Waals surface area contributed by atoms with Gasteiger partial charge in [-0.25, -0.2) is 4.98 Å². The highest BCUT2D eigenvalue weighted by Gasteiger charge is 2.11. The number of ether oxygens (including phenoxy) is 1. The van der Waals surface area contributed by atoms with Crippen molar-refractivity contribution < 1.29 is 4.74 Å². The smallest absolute Gasteiger partial charge is 0.191 e. The number of hydrogen-bond acceptors (Lipinski definition) is 4. The minimum atomic E-state index is 0.635. The van der Waals surface area contributed by atoms with Gasteiger partial charge >= 0.3 is 0 Å². The van der Waals surface area contributed by atoms with E-state index in [1.807, 2.05) is 12.4 Å². The van der Waals surface area contributed by atoms with Crippen LogP contribution >= 0.6 is 11.3 Å². The molecule has 5 nitrogen and oxygen atoms in total. The maximum absolute atomic E-state index is 5.93. The molecule has 0 atom stereocenters. The average Bonchev–Trinajstić information content (AvgIpc) is 2.76. The summed E-state index contributed by atoms with van der Waals surface area (Å²) in [5.74, 6) is 0.635. The Hall–Kier alpha value is -1.14. The molecule has 1 aliphatic rings. The number of aryl methyl sites for hydroxylation is 1. The van der Waals surface area contributed by atoms with Crippen LogP contribution in [0.3, 0.4) is 0 Å². The second kappa shape index (κ2) is 5.97. The van der Waals surface area contributed by atoms with Gasteiger partial charge in [0.1, 0.15) is 0 Å². The molecule has 2 N–H and O–H groups in total. The minimum Gasteiger partial charge on any atom is -0.378 e. The van der Waals surface area contributed by atoms with Crippen LogP contribution < -0.4 is 5.73 Å². The summed E-state index contributed by atoms with van der Waals surface area (Å²) in [6.07, 6.45) is 0.918. The van der Waals surface area contributed by atoms with E-state index in [0.717, 1.165) is 45.0 Å². The number of nitrogens with zero attached hydrogens (tertiary/aromatic N) is 3. The van der Waals surface area contributed by atoms with Gasteiger partial charge in [-0.3, -0.25) is 4.99 Å². The van der Waals surface area contributed by atoms with Crippen LogP contribution in [-0.4, -0.2) is 48.7 Å². The lowest BCUT2D eigenvalue weighted by Gasteiger charge is -2.27. The van der Waals surface area contributed by atoms with Gasteiger partial charge in [-0.15, -0.1) is 11.3 Å². The van der Waals surface area contributed by atoms with E-state index in [1.54, 1.807) is 11.3 Å². The number of nitrogens with two attached hydrogens (primary N) is 1. The van der Waals surface area contributed by atoms with E-state index in [1.165, 1.54) is 4.88 Å². The van der Waals surface area contributed by atoms with Gasteiger partial charge in [0.2, 0.25) is 0 Å². The van der Waals surface area contributed by atoms with Crippen LogP contribution in [0.25, 0.3) is 0 Å². The van der Waals surface area contributed by atoms with E-state index in [-0.39, 0.29) is 0 Å². The molecule has 1 aromatic heterocycles. The quantitative estimate of drug-likeness (QED) is 0.635. The predicted molar refractivity (Wildman–Crippen MR) is 69.4 cm³/mol. The van der Waals surface area contributed by atoms with E-state index in [9.17, 15) is 0 Å². The fourth-order valence-electron chi connectivity index (χ4n) is 1.73. The largest absolute Gasteiger partial charge is 0.378 e. The zero-order chi connectivity index (χ0) is 12.1. The monoisotopic (exact) mass is 254 g/mol. The number of hydrogen-bond donors (Lipinski definition) is 1. The molecule has 2 rings (SSSR count). The molecule has 1 fully saturated rings. The van der Waals surface area contributed by atoms with Gasteiger partial charge in [0.15, 0.2) is 5.96 Å². The van der Waals surface area contributed by atoms with Gasteiger partial charge in [0, 0.05) is 30.9 Å². The van der Waals surface area contributed by atoms with Crippen LogP contribution in [0.5, 0.6) is 0 Å². The Balaban J connectivity index is 1.81. The number of rotatable bonds is 3. The molecule has 0 unspecified atom stereocenters. The Morgan fingerprint density at radius 2 is 2.35 bits per heavy atom. The number of guanidine groups is 1. The first kappa shape index (κ1) is 12.3. The van der Waals surface area contributed by atoms with Gasteiger partial charge in [-0.2, -0.15) is 0 Å². The molecule has 0 radical (unpaired) electrons. The Morgan fingerprint density at radius 1 is 1.59 bits per heavy atom. The van der Waals surface area contributed by atoms with Crippen LogP contribution in [-0.2, 0) is 11.2 Å². The summed E-state index contributed by atoms with van der Waals surface area (Å²) in [6.45, 7) is 5.92. The van der Waals surface area contributed by atoms with Gasteiger partial charge in [0.25, 0.3) is 0 Å². The summed E-state index contributed by atoms with van der Waals surface area (Å²) in [5, 5.41) is 0.